The zero-order valence-electron chi connectivity index (χ0n) is 13.8. The Morgan fingerprint density at radius 2 is 1.50 bits per heavy atom. The number of hydrogen-bond donors (Lipinski definition) is 2. The van der Waals surface area contributed by atoms with Crippen molar-refractivity contribution < 1.29 is 43.2 Å². The van der Waals surface area contributed by atoms with Gasteiger partial charge in [0.2, 0.25) is 5.91 Å². The van der Waals surface area contributed by atoms with E-state index in [-0.39, 0.29) is 6.61 Å². The van der Waals surface area contributed by atoms with Gasteiger partial charge in [-0.05, 0) is 0 Å². The second-order valence-electron chi connectivity index (χ2n) is 5.24. The lowest BCUT2D eigenvalue weighted by molar-refractivity contribution is -0.264. The van der Waals surface area contributed by atoms with Gasteiger partial charge in [-0.15, -0.1) is 0 Å². The number of carbonyl (C=O) groups is 4. The Labute approximate surface area is 138 Å². The average molecular weight is 347 g/mol. The van der Waals surface area contributed by atoms with E-state index in [0.29, 0.717) is 0 Å². The molecule has 136 valence electrons. The van der Waals surface area contributed by atoms with E-state index in [1.54, 1.807) is 0 Å². The minimum atomic E-state index is -1.56. The van der Waals surface area contributed by atoms with Crippen LogP contribution in [-0.4, -0.2) is 66.2 Å². The van der Waals surface area contributed by atoms with E-state index < -0.39 is 54.5 Å². The van der Waals surface area contributed by atoms with E-state index in [0.717, 1.165) is 13.8 Å². The number of carbonyl (C=O) groups excluding carboxylic acids is 4. The number of aliphatic hydroxyl groups excluding tert-OH is 1. The van der Waals surface area contributed by atoms with Gasteiger partial charge >= 0.3 is 17.9 Å². The molecule has 1 aliphatic rings. The maximum absolute atomic E-state index is 11.4. The molecule has 1 unspecified atom stereocenters. The summed E-state index contributed by atoms with van der Waals surface area (Å²) in [6, 6.07) is -1.16. The summed E-state index contributed by atoms with van der Waals surface area (Å²) >= 11 is 0. The second-order valence-corrected chi connectivity index (χ2v) is 5.24. The molecule has 0 aromatic carbocycles. The van der Waals surface area contributed by atoms with E-state index in [1.807, 2.05) is 0 Å². The molecule has 0 aromatic heterocycles. The maximum Gasteiger partial charge on any atom is 0.303 e. The lowest BCUT2D eigenvalue weighted by atomic mass is 9.96. The minimum Gasteiger partial charge on any atom is -0.463 e. The first-order valence-corrected chi connectivity index (χ1v) is 7.20. The molecule has 1 rings (SSSR count). The van der Waals surface area contributed by atoms with Gasteiger partial charge in [-0.3, -0.25) is 19.2 Å². The van der Waals surface area contributed by atoms with Gasteiger partial charge in [0.05, 0.1) is 0 Å². The molecule has 24 heavy (non-hydrogen) atoms. The van der Waals surface area contributed by atoms with Crippen molar-refractivity contribution in [3.63, 3.8) is 0 Å². The summed E-state index contributed by atoms with van der Waals surface area (Å²) in [5.74, 6) is -2.54. The van der Waals surface area contributed by atoms with Gasteiger partial charge in [0.15, 0.2) is 18.5 Å². The largest absolute Gasteiger partial charge is 0.463 e. The SMILES string of the molecule is CC(=O)N[C@H]1[C@@H](OC(C)=O)[C@H](OC(C)=O)C(COC(C)=O)O[C@@H]1O. The van der Waals surface area contributed by atoms with Gasteiger partial charge in [-0.25, -0.2) is 0 Å². The van der Waals surface area contributed by atoms with Crippen LogP contribution in [0.15, 0.2) is 0 Å². The predicted molar refractivity (Wildman–Crippen MR) is 76.2 cm³/mol. The van der Waals surface area contributed by atoms with Crippen molar-refractivity contribution in [2.75, 3.05) is 6.61 Å². The van der Waals surface area contributed by atoms with E-state index in [9.17, 15) is 24.3 Å². The van der Waals surface area contributed by atoms with E-state index in [4.69, 9.17) is 18.9 Å². The topological polar surface area (TPSA) is 137 Å². The monoisotopic (exact) mass is 347 g/mol. The Morgan fingerprint density at radius 3 is 1.96 bits per heavy atom. The Kier molecular flexibility index (Phi) is 7.11. The number of hydrogen-bond acceptors (Lipinski definition) is 9. The first-order chi connectivity index (χ1) is 11.1. The normalized spacial score (nSPS) is 29.3. The molecular weight excluding hydrogens is 326 g/mol. The molecular formula is C14H21NO9. The summed E-state index contributed by atoms with van der Waals surface area (Å²) in [6.07, 6.45) is -5.06. The number of esters is 3. The number of aliphatic hydroxyl groups is 1. The van der Waals surface area contributed by atoms with Gasteiger partial charge in [-0.2, -0.15) is 0 Å². The molecule has 0 aromatic rings. The highest BCUT2D eigenvalue weighted by Gasteiger charge is 2.50. The third-order valence-electron chi connectivity index (χ3n) is 3.09. The van der Waals surface area contributed by atoms with Crippen LogP contribution in [0.3, 0.4) is 0 Å². The summed E-state index contributed by atoms with van der Waals surface area (Å²) in [7, 11) is 0. The van der Waals surface area contributed by atoms with Gasteiger partial charge < -0.3 is 29.4 Å². The fourth-order valence-electron chi connectivity index (χ4n) is 2.31. The zero-order chi connectivity index (χ0) is 18.4. The zero-order valence-corrected chi connectivity index (χ0v) is 13.8. The van der Waals surface area contributed by atoms with Crippen molar-refractivity contribution in [1.29, 1.82) is 0 Å². The van der Waals surface area contributed by atoms with Crippen molar-refractivity contribution in [2.45, 2.75) is 58.3 Å². The molecule has 0 radical (unpaired) electrons. The summed E-state index contributed by atoms with van der Waals surface area (Å²) in [4.78, 5) is 45.0. The highest BCUT2D eigenvalue weighted by Crippen LogP contribution is 2.26. The Morgan fingerprint density at radius 1 is 0.958 bits per heavy atom. The summed E-state index contributed by atoms with van der Waals surface area (Å²) in [5.41, 5.74) is 0. The van der Waals surface area contributed by atoms with Gasteiger partial charge in [0.1, 0.15) is 18.8 Å². The number of amides is 1. The van der Waals surface area contributed by atoms with Gasteiger partial charge in [0, 0.05) is 27.7 Å². The molecule has 10 heteroatoms. The lowest BCUT2D eigenvalue weighted by Gasteiger charge is -2.43. The Bertz CT molecular complexity index is 506. The molecule has 5 atom stereocenters. The summed E-state index contributed by atoms with van der Waals surface area (Å²) in [6.45, 7) is 4.28. The molecule has 1 saturated heterocycles. The summed E-state index contributed by atoms with van der Waals surface area (Å²) < 4.78 is 20.3. The molecule has 1 aliphatic heterocycles. The fraction of sp³-hybridized carbons (Fsp3) is 0.714. The standard InChI is InChI=1S/C14H21NO9/c1-6(16)15-11-13(23-9(4)19)12(22-8(3)18)10(24-14(11)20)5-21-7(2)17/h10-14,20H,5H2,1-4H3,(H,15,16)/t10?,11-,12+,13+,14-/m0/s1. The van der Waals surface area contributed by atoms with Crippen LogP contribution < -0.4 is 5.32 Å². The smallest absolute Gasteiger partial charge is 0.303 e. The molecule has 0 bridgehead atoms. The fourth-order valence-corrected chi connectivity index (χ4v) is 2.31. The van der Waals surface area contributed by atoms with Crippen molar-refractivity contribution in [3.8, 4) is 0 Å². The van der Waals surface area contributed by atoms with Crippen molar-refractivity contribution in [2.24, 2.45) is 0 Å². The third kappa shape index (κ3) is 5.78. The van der Waals surface area contributed by atoms with E-state index in [2.05, 4.69) is 5.32 Å². The van der Waals surface area contributed by atoms with Crippen LogP contribution >= 0.6 is 0 Å². The maximum atomic E-state index is 11.4. The lowest BCUT2D eigenvalue weighted by Crippen LogP contribution is -2.66. The molecule has 1 amide bonds. The molecule has 1 fully saturated rings. The van der Waals surface area contributed by atoms with Crippen LogP contribution in [0.5, 0.6) is 0 Å². The van der Waals surface area contributed by atoms with Crippen molar-refractivity contribution in [3.05, 3.63) is 0 Å². The van der Waals surface area contributed by atoms with Crippen LogP contribution in [-0.2, 0) is 38.1 Å². The highest BCUT2D eigenvalue weighted by molar-refractivity contribution is 5.73. The number of rotatable bonds is 5. The Hall–Kier alpha value is -2.20. The first kappa shape index (κ1) is 19.8. The molecule has 1 heterocycles. The van der Waals surface area contributed by atoms with Gasteiger partial charge in [-0.1, -0.05) is 0 Å². The van der Waals surface area contributed by atoms with Crippen molar-refractivity contribution >= 4 is 23.8 Å². The molecule has 0 saturated carbocycles. The van der Waals surface area contributed by atoms with Crippen LogP contribution in [0.25, 0.3) is 0 Å². The molecule has 2 N–H and O–H groups in total. The average Bonchev–Trinajstić information content (AvgIpc) is 2.42. The highest BCUT2D eigenvalue weighted by atomic mass is 16.7. The van der Waals surface area contributed by atoms with Crippen LogP contribution in [0.2, 0.25) is 0 Å². The first-order valence-electron chi connectivity index (χ1n) is 7.20. The number of ether oxygens (including phenoxy) is 4. The third-order valence-corrected chi connectivity index (χ3v) is 3.09. The van der Waals surface area contributed by atoms with Crippen LogP contribution in [0.1, 0.15) is 27.7 Å². The van der Waals surface area contributed by atoms with Crippen molar-refractivity contribution in [1.82, 2.24) is 5.32 Å². The molecule has 0 aliphatic carbocycles. The predicted octanol–water partition coefficient (Wildman–Crippen LogP) is -1.37. The van der Waals surface area contributed by atoms with Crippen LogP contribution in [0, 0.1) is 0 Å². The van der Waals surface area contributed by atoms with Gasteiger partial charge in [0.25, 0.3) is 0 Å². The Balaban J connectivity index is 3.11. The van der Waals surface area contributed by atoms with E-state index >= 15 is 0 Å². The minimum absolute atomic E-state index is 0.338. The summed E-state index contributed by atoms with van der Waals surface area (Å²) in [5, 5.41) is 12.5. The number of nitrogens with one attached hydrogen (secondary N) is 1. The quantitative estimate of drug-likeness (QED) is 0.456. The molecule has 0 spiro atoms. The van der Waals surface area contributed by atoms with E-state index in [1.165, 1.54) is 13.8 Å². The van der Waals surface area contributed by atoms with Crippen LogP contribution in [0.4, 0.5) is 0 Å². The molecule has 10 nitrogen and oxygen atoms in total. The second kappa shape index (κ2) is 8.60.